The van der Waals surface area contributed by atoms with Crippen molar-refractivity contribution >= 4 is 40.9 Å². The molecule has 2 aromatic rings. The fourth-order valence-electron chi connectivity index (χ4n) is 2.54. The number of hydrogen-bond donors (Lipinski definition) is 0. The summed E-state index contributed by atoms with van der Waals surface area (Å²) in [5, 5.41) is 0.667. The van der Waals surface area contributed by atoms with E-state index in [1.54, 1.807) is 29.0 Å². The second-order valence-corrected chi connectivity index (χ2v) is 7.07. The zero-order valence-electron chi connectivity index (χ0n) is 13.2. The molecule has 1 aliphatic heterocycles. The smallest absolute Gasteiger partial charge is 0.242 e. The van der Waals surface area contributed by atoms with Gasteiger partial charge in [0.05, 0.1) is 11.4 Å². The summed E-state index contributed by atoms with van der Waals surface area (Å²) < 4.78 is 0. The largest absolute Gasteiger partial charge is 0.340 e. The number of anilines is 1. The number of halogens is 1. The molecular formula is C18H17ClN2O2S. The van der Waals surface area contributed by atoms with Crippen molar-refractivity contribution < 1.29 is 9.59 Å². The highest BCUT2D eigenvalue weighted by molar-refractivity contribution is 8.00. The number of para-hydroxylation sites is 1. The van der Waals surface area contributed by atoms with Gasteiger partial charge in [-0.15, -0.1) is 11.8 Å². The normalized spacial score (nSPS) is 13.6. The third kappa shape index (κ3) is 3.74. The number of hydrogen-bond acceptors (Lipinski definition) is 3. The molecule has 6 heteroatoms. The summed E-state index contributed by atoms with van der Waals surface area (Å²) in [5.41, 5.74) is 1.81. The molecule has 0 unspecified atom stereocenters. The summed E-state index contributed by atoms with van der Waals surface area (Å²) in [6, 6.07) is 15.1. The van der Waals surface area contributed by atoms with Gasteiger partial charge in [0.1, 0.15) is 6.54 Å². The predicted octanol–water partition coefficient (Wildman–Crippen LogP) is 3.44. The molecule has 124 valence electrons. The highest BCUT2D eigenvalue weighted by Crippen LogP contribution is 2.34. The third-order valence-corrected chi connectivity index (χ3v) is 5.16. The number of fused-ring (bicyclic) bond motifs is 1. The lowest BCUT2D eigenvalue weighted by Crippen LogP contribution is -2.43. The fourth-order valence-corrected chi connectivity index (χ4v) is 3.60. The van der Waals surface area contributed by atoms with Crippen molar-refractivity contribution in [3.8, 4) is 0 Å². The molecule has 0 saturated heterocycles. The lowest BCUT2D eigenvalue weighted by atomic mass is 10.2. The van der Waals surface area contributed by atoms with Crippen molar-refractivity contribution in [2.45, 2.75) is 11.4 Å². The molecule has 24 heavy (non-hydrogen) atoms. The van der Waals surface area contributed by atoms with Crippen molar-refractivity contribution in [3.05, 3.63) is 59.1 Å². The second-order valence-electron chi connectivity index (χ2n) is 5.61. The van der Waals surface area contributed by atoms with Gasteiger partial charge in [-0.3, -0.25) is 9.59 Å². The number of carbonyl (C=O) groups is 2. The van der Waals surface area contributed by atoms with E-state index in [9.17, 15) is 9.59 Å². The molecule has 0 atom stereocenters. The van der Waals surface area contributed by atoms with E-state index in [2.05, 4.69) is 0 Å². The van der Waals surface area contributed by atoms with Crippen LogP contribution in [-0.2, 0) is 16.1 Å². The minimum atomic E-state index is -0.0972. The van der Waals surface area contributed by atoms with E-state index in [-0.39, 0.29) is 18.4 Å². The van der Waals surface area contributed by atoms with E-state index < -0.39 is 0 Å². The summed E-state index contributed by atoms with van der Waals surface area (Å²) in [7, 11) is 1.74. The van der Waals surface area contributed by atoms with Gasteiger partial charge in [0.25, 0.3) is 0 Å². The van der Waals surface area contributed by atoms with Crippen LogP contribution in [0.4, 0.5) is 5.69 Å². The number of amides is 2. The maximum absolute atomic E-state index is 12.5. The Kier molecular flexibility index (Phi) is 5.11. The quantitative estimate of drug-likeness (QED) is 0.838. The van der Waals surface area contributed by atoms with Gasteiger partial charge in [-0.1, -0.05) is 35.9 Å². The maximum atomic E-state index is 12.5. The van der Waals surface area contributed by atoms with Crippen LogP contribution >= 0.6 is 23.4 Å². The summed E-state index contributed by atoms with van der Waals surface area (Å²) in [6.07, 6.45) is 0. The Labute approximate surface area is 150 Å². The Bertz CT molecular complexity index is 764. The second kappa shape index (κ2) is 7.28. The van der Waals surface area contributed by atoms with Crippen molar-refractivity contribution in [3.63, 3.8) is 0 Å². The maximum Gasteiger partial charge on any atom is 0.242 e. The van der Waals surface area contributed by atoms with Crippen LogP contribution in [0.3, 0.4) is 0 Å². The number of carbonyl (C=O) groups excluding carboxylic acids is 2. The topological polar surface area (TPSA) is 40.6 Å². The minimum absolute atomic E-state index is 0.0352. The van der Waals surface area contributed by atoms with Crippen molar-refractivity contribution in [1.29, 1.82) is 0 Å². The average Bonchev–Trinajstić information content (AvgIpc) is 2.59. The van der Waals surface area contributed by atoms with Gasteiger partial charge < -0.3 is 9.80 Å². The van der Waals surface area contributed by atoms with Crippen LogP contribution in [-0.4, -0.2) is 36.1 Å². The van der Waals surface area contributed by atoms with Gasteiger partial charge >= 0.3 is 0 Å². The van der Waals surface area contributed by atoms with Crippen molar-refractivity contribution in [2.75, 3.05) is 24.2 Å². The summed E-state index contributed by atoms with van der Waals surface area (Å²) >= 11 is 7.39. The van der Waals surface area contributed by atoms with Crippen LogP contribution in [0.1, 0.15) is 5.56 Å². The van der Waals surface area contributed by atoms with Gasteiger partial charge in [-0.25, -0.2) is 0 Å². The molecule has 1 heterocycles. The first-order valence-corrected chi connectivity index (χ1v) is 8.91. The van der Waals surface area contributed by atoms with E-state index >= 15 is 0 Å². The van der Waals surface area contributed by atoms with E-state index in [1.165, 1.54) is 11.8 Å². The molecule has 0 spiro atoms. The van der Waals surface area contributed by atoms with Gasteiger partial charge in [-0.05, 0) is 29.8 Å². The molecule has 1 aliphatic rings. The number of thioether (sulfide) groups is 1. The van der Waals surface area contributed by atoms with Gasteiger partial charge in [-0.2, -0.15) is 0 Å². The molecule has 0 radical (unpaired) electrons. The summed E-state index contributed by atoms with van der Waals surface area (Å²) in [4.78, 5) is 29.0. The van der Waals surface area contributed by atoms with Crippen LogP contribution in [0, 0.1) is 0 Å². The van der Waals surface area contributed by atoms with Gasteiger partial charge in [0.2, 0.25) is 11.8 Å². The number of rotatable bonds is 4. The highest BCUT2D eigenvalue weighted by Gasteiger charge is 2.27. The summed E-state index contributed by atoms with van der Waals surface area (Å²) in [5.74, 6) is 0.234. The minimum Gasteiger partial charge on any atom is -0.340 e. The Hall–Kier alpha value is -1.98. The first kappa shape index (κ1) is 16.9. The van der Waals surface area contributed by atoms with Crippen LogP contribution < -0.4 is 4.90 Å². The highest BCUT2D eigenvalue weighted by atomic mass is 35.5. The molecule has 3 rings (SSSR count). The Morgan fingerprint density at radius 3 is 2.67 bits per heavy atom. The first-order chi connectivity index (χ1) is 11.5. The molecule has 0 aromatic heterocycles. The monoisotopic (exact) mass is 360 g/mol. The van der Waals surface area contributed by atoms with E-state index in [0.29, 0.717) is 17.3 Å². The number of benzene rings is 2. The van der Waals surface area contributed by atoms with Crippen molar-refractivity contribution in [2.24, 2.45) is 0 Å². The van der Waals surface area contributed by atoms with E-state index in [4.69, 9.17) is 11.6 Å². The summed E-state index contributed by atoms with van der Waals surface area (Å²) in [6.45, 7) is 0.537. The third-order valence-electron chi connectivity index (χ3n) is 3.86. The van der Waals surface area contributed by atoms with Crippen LogP contribution in [0.25, 0.3) is 0 Å². The number of nitrogens with zero attached hydrogens (tertiary/aromatic N) is 2. The average molecular weight is 361 g/mol. The van der Waals surface area contributed by atoms with Crippen molar-refractivity contribution in [1.82, 2.24) is 4.90 Å². The van der Waals surface area contributed by atoms with Gasteiger partial charge in [0, 0.05) is 23.5 Å². The predicted molar refractivity (Wildman–Crippen MR) is 97.4 cm³/mol. The fraction of sp³-hybridized carbons (Fsp3) is 0.222. The van der Waals surface area contributed by atoms with Gasteiger partial charge in [0.15, 0.2) is 0 Å². The van der Waals surface area contributed by atoms with Crippen LogP contribution in [0.2, 0.25) is 5.02 Å². The molecule has 0 aliphatic carbocycles. The molecule has 2 amide bonds. The first-order valence-electron chi connectivity index (χ1n) is 7.55. The molecule has 0 fully saturated rings. The van der Waals surface area contributed by atoms with Crippen LogP contribution in [0.15, 0.2) is 53.4 Å². The Morgan fingerprint density at radius 1 is 1.21 bits per heavy atom. The molecule has 0 N–H and O–H groups in total. The molecular weight excluding hydrogens is 344 g/mol. The SMILES string of the molecule is CN(Cc1ccc(Cl)cc1)C(=O)CN1C(=O)CSc2ccccc21. The van der Waals surface area contributed by atoms with Crippen LogP contribution in [0.5, 0.6) is 0 Å². The van der Waals surface area contributed by atoms with E-state index in [0.717, 1.165) is 16.1 Å². The molecule has 2 aromatic carbocycles. The lowest BCUT2D eigenvalue weighted by molar-refractivity contribution is -0.130. The molecule has 0 bridgehead atoms. The molecule has 0 saturated carbocycles. The Morgan fingerprint density at radius 2 is 1.92 bits per heavy atom. The molecule has 4 nitrogen and oxygen atoms in total. The standard InChI is InChI=1S/C18H17ClN2O2S/c1-20(10-13-6-8-14(19)9-7-13)17(22)11-21-15-4-2-3-5-16(15)24-12-18(21)23/h2-9H,10-12H2,1H3. The number of likely N-dealkylation sites (N-methyl/N-ethyl adjacent to an activating group) is 1. The zero-order valence-corrected chi connectivity index (χ0v) is 14.8. The Balaban J connectivity index is 1.70. The lowest BCUT2D eigenvalue weighted by Gasteiger charge is -2.30. The zero-order chi connectivity index (χ0) is 17.1. The van der Waals surface area contributed by atoms with E-state index in [1.807, 2.05) is 36.4 Å².